The van der Waals surface area contributed by atoms with Crippen LogP contribution in [-0.2, 0) is 6.54 Å². The molecule has 8 heteroatoms. The molecule has 4 aromatic rings. The number of benzene rings is 2. The normalized spacial score (nSPS) is 16.1. The maximum Gasteiger partial charge on any atom is 0.172 e. The Kier molecular flexibility index (Phi) is 9.06. The van der Waals surface area contributed by atoms with E-state index in [0.717, 1.165) is 58.4 Å². The number of aromatic nitrogens is 3. The second-order valence-corrected chi connectivity index (χ2v) is 10.2. The summed E-state index contributed by atoms with van der Waals surface area (Å²) >= 11 is 16.1. The Hall–Kier alpha value is -2.12. The van der Waals surface area contributed by atoms with Crippen molar-refractivity contribution in [2.75, 3.05) is 25.0 Å². The average Bonchev–Trinajstić information content (AvgIpc) is 3.26. The van der Waals surface area contributed by atoms with Gasteiger partial charge < -0.3 is 5.32 Å². The highest BCUT2D eigenvalue weighted by atomic mass is 79.9. The highest BCUT2D eigenvalue weighted by Crippen LogP contribution is 2.30. The summed E-state index contributed by atoms with van der Waals surface area (Å²) in [5.74, 6) is 1.47. The van der Waals surface area contributed by atoms with Crippen molar-refractivity contribution >= 4 is 50.6 Å². The fourth-order valence-electron chi connectivity index (χ4n) is 4.43. The first kappa shape index (κ1) is 26.0. The van der Waals surface area contributed by atoms with Crippen LogP contribution in [0.15, 0.2) is 65.3 Å². The molecule has 0 aliphatic carbocycles. The standard InChI is InChI=1S/C25H24BrCl2N5.C2H6/c26-21-14-30-33-24(12-23(31-25(21)33)20-5-1-2-6-22(20)28)29-13-18-4-3-11-32(16-18)15-17-7-9-19(27)10-8-17;1-2/h1-2,5-10,12,14,18,29H,3-4,11,13,15-16H2;1-2H3. The van der Waals surface area contributed by atoms with Crippen LogP contribution in [0.2, 0.25) is 10.0 Å². The van der Waals surface area contributed by atoms with Gasteiger partial charge in [0.2, 0.25) is 0 Å². The molecule has 1 aliphatic rings. The molecule has 35 heavy (non-hydrogen) atoms. The van der Waals surface area contributed by atoms with Crippen molar-refractivity contribution in [3.63, 3.8) is 0 Å². The minimum atomic E-state index is 0.553. The molecule has 3 heterocycles. The van der Waals surface area contributed by atoms with Gasteiger partial charge in [0.25, 0.3) is 0 Å². The number of hydrogen-bond acceptors (Lipinski definition) is 4. The summed E-state index contributed by atoms with van der Waals surface area (Å²) in [4.78, 5) is 7.33. The molecule has 2 aromatic carbocycles. The summed E-state index contributed by atoms with van der Waals surface area (Å²) in [6.07, 6.45) is 4.18. The molecule has 2 aromatic heterocycles. The molecular formula is C27H30BrCl2N5. The zero-order valence-corrected chi connectivity index (χ0v) is 23.1. The van der Waals surface area contributed by atoms with Crippen molar-refractivity contribution in [3.8, 4) is 11.3 Å². The maximum absolute atomic E-state index is 6.46. The first-order valence-corrected chi connectivity index (χ1v) is 13.6. The Morgan fingerprint density at radius 3 is 2.63 bits per heavy atom. The van der Waals surface area contributed by atoms with E-state index < -0.39 is 0 Å². The Bertz CT molecular complexity index is 1260. The van der Waals surface area contributed by atoms with Crippen LogP contribution in [0.5, 0.6) is 0 Å². The third kappa shape index (κ3) is 6.36. The van der Waals surface area contributed by atoms with E-state index in [1.807, 2.05) is 60.8 Å². The van der Waals surface area contributed by atoms with Gasteiger partial charge in [0.05, 0.1) is 16.4 Å². The predicted molar refractivity (Wildman–Crippen MR) is 150 cm³/mol. The molecule has 5 nitrogen and oxygen atoms in total. The van der Waals surface area contributed by atoms with E-state index in [4.69, 9.17) is 28.2 Å². The van der Waals surface area contributed by atoms with E-state index in [1.54, 1.807) is 6.20 Å². The van der Waals surface area contributed by atoms with Crippen LogP contribution < -0.4 is 5.32 Å². The summed E-state index contributed by atoms with van der Waals surface area (Å²) in [5, 5.41) is 9.62. The van der Waals surface area contributed by atoms with E-state index >= 15 is 0 Å². The van der Waals surface area contributed by atoms with Gasteiger partial charge in [-0.3, -0.25) is 4.90 Å². The van der Waals surface area contributed by atoms with Gasteiger partial charge in [-0.2, -0.15) is 9.61 Å². The molecular weight excluding hydrogens is 545 g/mol. The van der Waals surface area contributed by atoms with Crippen molar-refractivity contribution in [1.29, 1.82) is 0 Å². The van der Waals surface area contributed by atoms with Crippen LogP contribution >= 0.6 is 39.1 Å². The summed E-state index contributed by atoms with van der Waals surface area (Å²) in [6.45, 7) is 8.01. The molecule has 0 bridgehead atoms. The summed E-state index contributed by atoms with van der Waals surface area (Å²) in [6, 6.07) is 18.0. The van der Waals surface area contributed by atoms with Gasteiger partial charge >= 0.3 is 0 Å². The molecule has 5 rings (SSSR count). The molecule has 0 radical (unpaired) electrons. The van der Waals surface area contributed by atoms with E-state index in [2.05, 4.69) is 43.4 Å². The van der Waals surface area contributed by atoms with Crippen LogP contribution in [0.3, 0.4) is 0 Å². The van der Waals surface area contributed by atoms with Gasteiger partial charge in [0.1, 0.15) is 5.82 Å². The van der Waals surface area contributed by atoms with Crippen molar-refractivity contribution in [3.05, 3.63) is 80.9 Å². The Morgan fingerprint density at radius 1 is 1.09 bits per heavy atom. The second kappa shape index (κ2) is 12.2. The van der Waals surface area contributed by atoms with Crippen LogP contribution in [0.1, 0.15) is 32.3 Å². The van der Waals surface area contributed by atoms with Crippen molar-refractivity contribution in [1.82, 2.24) is 19.5 Å². The van der Waals surface area contributed by atoms with Crippen molar-refractivity contribution in [2.45, 2.75) is 33.2 Å². The number of rotatable bonds is 6. The third-order valence-electron chi connectivity index (χ3n) is 6.07. The second-order valence-electron chi connectivity index (χ2n) is 8.49. The van der Waals surface area contributed by atoms with Gasteiger partial charge in [0, 0.05) is 41.3 Å². The molecule has 184 valence electrons. The first-order valence-electron chi connectivity index (χ1n) is 12.1. The number of anilines is 1. The fraction of sp³-hybridized carbons (Fsp3) is 0.333. The Balaban J connectivity index is 0.00000141. The Morgan fingerprint density at radius 2 is 1.86 bits per heavy atom. The van der Waals surface area contributed by atoms with Gasteiger partial charge in [-0.1, -0.05) is 67.4 Å². The Labute approximate surface area is 225 Å². The summed E-state index contributed by atoms with van der Waals surface area (Å²) in [7, 11) is 0. The lowest BCUT2D eigenvalue weighted by atomic mass is 9.97. The molecule has 0 saturated carbocycles. The molecule has 0 amide bonds. The lowest BCUT2D eigenvalue weighted by Gasteiger charge is -2.33. The fourth-order valence-corrected chi connectivity index (χ4v) is 5.13. The minimum absolute atomic E-state index is 0.553. The van der Waals surface area contributed by atoms with E-state index in [-0.39, 0.29) is 0 Å². The van der Waals surface area contributed by atoms with Crippen molar-refractivity contribution in [2.24, 2.45) is 5.92 Å². The number of hydrogen-bond donors (Lipinski definition) is 1. The molecule has 1 aliphatic heterocycles. The molecule has 1 fully saturated rings. The largest absolute Gasteiger partial charge is 0.370 e. The van der Waals surface area contributed by atoms with Crippen LogP contribution in [-0.4, -0.2) is 39.1 Å². The monoisotopic (exact) mass is 573 g/mol. The molecule has 1 unspecified atom stereocenters. The van der Waals surface area contributed by atoms with E-state index in [9.17, 15) is 0 Å². The lowest BCUT2D eigenvalue weighted by Crippen LogP contribution is -2.37. The SMILES string of the molecule is CC.Clc1ccc(CN2CCCC(CNc3cc(-c4ccccc4Cl)nc4c(Br)cnn34)C2)cc1. The molecule has 1 saturated heterocycles. The molecule has 1 N–H and O–H groups in total. The predicted octanol–water partition coefficient (Wildman–Crippen LogP) is 7.82. The zero-order chi connectivity index (χ0) is 24.8. The van der Waals surface area contributed by atoms with Crippen LogP contribution in [0.4, 0.5) is 5.82 Å². The molecule has 0 spiro atoms. The van der Waals surface area contributed by atoms with E-state index in [0.29, 0.717) is 10.9 Å². The lowest BCUT2D eigenvalue weighted by molar-refractivity contribution is 0.173. The van der Waals surface area contributed by atoms with E-state index in [1.165, 1.54) is 18.4 Å². The van der Waals surface area contributed by atoms with Gasteiger partial charge in [-0.25, -0.2) is 4.98 Å². The topological polar surface area (TPSA) is 45.5 Å². The highest BCUT2D eigenvalue weighted by Gasteiger charge is 2.21. The minimum Gasteiger partial charge on any atom is -0.370 e. The summed E-state index contributed by atoms with van der Waals surface area (Å²) < 4.78 is 2.70. The van der Waals surface area contributed by atoms with Gasteiger partial charge in [-0.05, 0) is 65.0 Å². The third-order valence-corrected chi connectivity index (χ3v) is 7.21. The summed E-state index contributed by atoms with van der Waals surface area (Å²) in [5.41, 5.74) is 3.80. The highest BCUT2D eigenvalue weighted by molar-refractivity contribution is 9.10. The first-order chi connectivity index (χ1) is 17.1. The quantitative estimate of drug-likeness (QED) is 0.255. The smallest absolute Gasteiger partial charge is 0.172 e. The average molecular weight is 575 g/mol. The maximum atomic E-state index is 6.46. The number of nitrogens with one attached hydrogen (secondary N) is 1. The number of fused-ring (bicyclic) bond motifs is 1. The number of piperidine rings is 1. The number of nitrogens with zero attached hydrogens (tertiary/aromatic N) is 4. The molecule has 1 atom stereocenters. The van der Waals surface area contributed by atoms with Crippen molar-refractivity contribution < 1.29 is 0 Å². The number of likely N-dealkylation sites (tertiary alicyclic amines) is 1. The van der Waals surface area contributed by atoms with Gasteiger partial charge in [-0.15, -0.1) is 0 Å². The zero-order valence-electron chi connectivity index (χ0n) is 20.0. The van der Waals surface area contributed by atoms with Crippen LogP contribution in [0.25, 0.3) is 16.9 Å². The van der Waals surface area contributed by atoms with Crippen LogP contribution in [0, 0.1) is 5.92 Å². The van der Waals surface area contributed by atoms with Gasteiger partial charge in [0.15, 0.2) is 5.65 Å². The number of halogens is 3.